The second-order valence-electron chi connectivity index (χ2n) is 9.73. The molecule has 0 unspecified atom stereocenters. The lowest BCUT2D eigenvalue weighted by atomic mass is 9.61. The van der Waals surface area contributed by atoms with Gasteiger partial charge in [0, 0.05) is 16.6 Å². The van der Waals surface area contributed by atoms with Gasteiger partial charge in [-0.2, -0.15) is 0 Å². The smallest absolute Gasteiger partial charge is 0.320 e. The molecule has 3 N–H and O–H groups in total. The molecule has 1 saturated heterocycles. The number of nitrogens with one attached hydrogen (secondary N) is 2. The van der Waals surface area contributed by atoms with Gasteiger partial charge in [-0.15, -0.1) is 0 Å². The van der Waals surface area contributed by atoms with Crippen molar-refractivity contribution in [3.8, 4) is 0 Å². The molecule has 1 saturated carbocycles. The van der Waals surface area contributed by atoms with E-state index < -0.39 is 12.0 Å². The molecule has 4 rings (SSSR count). The van der Waals surface area contributed by atoms with Crippen LogP contribution in [0.3, 0.4) is 0 Å². The van der Waals surface area contributed by atoms with E-state index in [4.69, 9.17) is 0 Å². The van der Waals surface area contributed by atoms with Crippen molar-refractivity contribution in [1.82, 2.24) is 5.32 Å². The molecule has 2 aliphatic rings. The van der Waals surface area contributed by atoms with Gasteiger partial charge in [0.05, 0.1) is 0 Å². The number of carboxylic acid groups (broad SMARTS) is 1. The number of halogens is 1. The van der Waals surface area contributed by atoms with Crippen molar-refractivity contribution >= 4 is 18.1 Å². The van der Waals surface area contributed by atoms with Gasteiger partial charge in [0.2, 0.25) is 6.41 Å². The van der Waals surface area contributed by atoms with Crippen molar-refractivity contribution in [3.05, 3.63) is 64.5 Å². The van der Waals surface area contributed by atoms with Crippen molar-refractivity contribution in [2.75, 3.05) is 5.32 Å². The van der Waals surface area contributed by atoms with E-state index in [2.05, 4.69) is 23.6 Å². The number of amides is 1. The summed E-state index contributed by atoms with van der Waals surface area (Å²) in [7, 11) is 0. The maximum Gasteiger partial charge on any atom is 0.320 e. The number of aliphatic carboxylic acids is 1. The van der Waals surface area contributed by atoms with Gasteiger partial charge in [-0.1, -0.05) is 56.5 Å². The first-order valence-electron chi connectivity index (χ1n) is 11.7. The molecule has 2 atom stereocenters. The fraction of sp³-hybridized carbons (Fsp3) is 0.481. The number of benzene rings is 2. The van der Waals surface area contributed by atoms with Crippen LogP contribution in [0, 0.1) is 26.6 Å². The first-order chi connectivity index (χ1) is 15.6. The van der Waals surface area contributed by atoms with Gasteiger partial charge >= 0.3 is 5.97 Å². The van der Waals surface area contributed by atoms with E-state index in [1.807, 2.05) is 25.1 Å². The summed E-state index contributed by atoms with van der Waals surface area (Å²) in [5.41, 5.74) is 3.80. The van der Waals surface area contributed by atoms with Crippen molar-refractivity contribution < 1.29 is 19.1 Å². The highest BCUT2D eigenvalue weighted by Gasteiger charge is 2.58. The third-order valence-electron chi connectivity index (χ3n) is 7.49. The largest absolute Gasteiger partial charge is 0.480 e. The molecule has 0 bridgehead atoms. The Labute approximate surface area is 195 Å². The zero-order chi connectivity index (χ0) is 24.2. The molecule has 178 valence electrons. The highest BCUT2D eigenvalue weighted by Crippen LogP contribution is 2.53. The summed E-state index contributed by atoms with van der Waals surface area (Å²) in [6, 6.07) is 10.9. The van der Waals surface area contributed by atoms with Crippen LogP contribution in [0.25, 0.3) is 0 Å². The van der Waals surface area contributed by atoms with E-state index in [1.165, 1.54) is 6.42 Å². The number of rotatable bonds is 4. The van der Waals surface area contributed by atoms with Crippen LogP contribution < -0.4 is 10.6 Å². The topological polar surface area (TPSA) is 78.4 Å². The van der Waals surface area contributed by atoms with E-state index in [0.29, 0.717) is 12.8 Å². The van der Waals surface area contributed by atoms with Crippen molar-refractivity contribution in [2.24, 2.45) is 0 Å². The Morgan fingerprint density at radius 3 is 2.30 bits per heavy atom. The van der Waals surface area contributed by atoms with Crippen molar-refractivity contribution in [3.63, 3.8) is 0 Å². The average Bonchev–Trinajstić information content (AvgIpc) is 3.06. The monoisotopic (exact) mass is 454 g/mol. The maximum atomic E-state index is 12.7. The van der Waals surface area contributed by atoms with Gasteiger partial charge < -0.3 is 10.4 Å². The lowest BCUT2D eigenvalue weighted by Crippen LogP contribution is -2.55. The third kappa shape index (κ3) is 4.96. The van der Waals surface area contributed by atoms with Crippen LogP contribution in [0.15, 0.2) is 36.4 Å². The van der Waals surface area contributed by atoms with E-state index in [-0.39, 0.29) is 16.8 Å². The van der Waals surface area contributed by atoms with Crippen LogP contribution in [0.2, 0.25) is 0 Å². The maximum absolute atomic E-state index is 12.7. The number of hydrogen-bond acceptors (Lipinski definition) is 3. The third-order valence-corrected chi connectivity index (χ3v) is 7.49. The second-order valence-corrected chi connectivity index (χ2v) is 9.73. The van der Waals surface area contributed by atoms with E-state index in [9.17, 15) is 19.1 Å². The Kier molecular flexibility index (Phi) is 7.58. The predicted octanol–water partition coefficient (Wildman–Crippen LogP) is 5.41. The molecule has 0 radical (unpaired) electrons. The first kappa shape index (κ1) is 24.9. The Bertz CT molecular complexity index is 996. The Morgan fingerprint density at radius 1 is 1.12 bits per heavy atom. The molecular formula is C27H35FN2O3. The quantitative estimate of drug-likeness (QED) is 0.540. The molecular weight excluding hydrogens is 419 g/mol. The Hall–Kier alpha value is -2.73. The van der Waals surface area contributed by atoms with Crippen LogP contribution >= 0.6 is 0 Å². The number of anilines is 1. The van der Waals surface area contributed by atoms with Crippen LogP contribution in [0.1, 0.15) is 67.7 Å². The van der Waals surface area contributed by atoms with Gasteiger partial charge in [0.1, 0.15) is 11.9 Å². The van der Waals surface area contributed by atoms with E-state index in [0.717, 1.165) is 53.6 Å². The molecule has 1 amide bonds. The minimum absolute atomic E-state index is 0.0856. The second kappa shape index (κ2) is 10.0. The highest BCUT2D eigenvalue weighted by atomic mass is 19.1. The van der Waals surface area contributed by atoms with Crippen LogP contribution in [0.4, 0.5) is 10.1 Å². The van der Waals surface area contributed by atoms with Crippen molar-refractivity contribution in [2.45, 2.75) is 83.2 Å². The van der Waals surface area contributed by atoms with E-state index >= 15 is 0 Å². The molecule has 33 heavy (non-hydrogen) atoms. The number of aryl methyl sites for hydroxylation is 3. The minimum Gasteiger partial charge on any atom is -0.480 e. The van der Waals surface area contributed by atoms with Gasteiger partial charge in [-0.3, -0.25) is 14.9 Å². The fourth-order valence-corrected chi connectivity index (χ4v) is 5.63. The SMILES string of the molecule is Cc1ccc([C@]2(C)C[C@H](C(=O)O)NC23CCCCC3)c(NC=O)c1.Cc1cccc(C)c1F. The van der Waals surface area contributed by atoms with Gasteiger partial charge in [-0.25, -0.2) is 4.39 Å². The van der Waals surface area contributed by atoms with Gasteiger partial charge in [-0.05, 0) is 68.4 Å². The molecule has 6 heteroatoms. The normalized spacial score (nSPS) is 23.5. The summed E-state index contributed by atoms with van der Waals surface area (Å²) < 4.78 is 12.7. The summed E-state index contributed by atoms with van der Waals surface area (Å²) in [6.45, 7) is 7.69. The zero-order valence-electron chi connectivity index (χ0n) is 20.0. The Morgan fingerprint density at radius 2 is 1.76 bits per heavy atom. The van der Waals surface area contributed by atoms with Crippen LogP contribution in [0.5, 0.6) is 0 Å². The number of hydrogen-bond donors (Lipinski definition) is 3. The molecule has 1 spiro atoms. The van der Waals surface area contributed by atoms with E-state index in [1.54, 1.807) is 26.0 Å². The van der Waals surface area contributed by atoms with Crippen molar-refractivity contribution in [1.29, 1.82) is 0 Å². The molecule has 2 fully saturated rings. The highest BCUT2D eigenvalue weighted by molar-refractivity contribution is 5.77. The summed E-state index contributed by atoms with van der Waals surface area (Å²) in [6.07, 6.45) is 6.60. The van der Waals surface area contributed by atoms with Gasteiger partial charge in [0.15, 0.2) is 0 Å². The summed E-state index contributed by atoms with van der Waals surface area (Å²) >= 11 is 0. The minimum atomic E-state index is -0.791. The van der Waals surface area contributed by atoms with Gasteiger partial charge in [0.25, 0.3) is 0 Å². The molecule has 1 aliphatic heterocycles. The summed E-state index contributed by atoms with van der Waals surface area (Å²) in [5.74, 6) is -0.877. The van der Waals surface area contributed by atoms with Crippen LogP contribution in [-0.4, -0.2) is 29.1 Å². The molecule has 0 aromatic heterocycles. The standard InChI is InChI=1S/C19H26N2O3.C8H9F/c1-13-6-7-14(15(10-13)20-12-22)18(2)11-16(17(23)24)21-19(18)8-4-3-5-9-19;1-6-4-3-5-7(2)8(6)9/h6-7,10,12,16,21H,3-5,8-9,11H2,1-2H3,(H,20,22)(H,23,24);3-5H,1-2H3/t16-,18+;/m1./s1. The average molecular weight is 455 g/mol. The zero-order valence-corrected chi connectivity index (χ0v) is 20.0. The summed E-state index contributed by atoms with van der Waals surface area (Å²) in [4.78, 5) is 22.8. The molecule has 2 aromatic carbocycles. The number of carboxylic acids is 1. The first-order valence-corrected chi connectivity index (χ1v) is 11.7. The summed E-state index contributed by atoms with van der Waals surface area (Å²) in [5, 5.41) is 15.9. The molecule has 1 aliphatic carbocycles. The van der Waals surface area contributed by atoms with Crippen LogP contribution in [-0.2, 0) is 15.0 Å². The Balaban J connectivity index is 0.000000286. The number of carbonyl (C=O) groups excluding carboxylic acids is 1. The molecule has 5 nitrogen and oxygen atoms in total. The fourth-order valence-electron chi connectivity index (χ4n) is 5.63. The predicted molar refractivity (Wildman–Crippen MR) is 129 cm³/mol. The number of carbonyl (C=O) groups is 2. The molecule has 1 heterocycles. The molecule has 2 aromatic rings. The lowest BCUT2D eigenvalue weighted by Gasteiger charge is -2.47. The lowest BCUT2D eigenvalue weighted by molar-refractivity contribution is -0.139.